The number of carbonyl (C=O) groups excluding carboxylic acids is 1. The molecule has 1 aromatic heterocycles. The number of benzene rings is 2. The summed E-state index contributed by atoms with van der Waals surface area (Å²) in [5, 5.41) is 4.30. The summed E-state index contributed by atoms with van der Waals surface area (Å²) in [4.78, 5) is 15.6. The number of hydrogen-bond acceptors (Lipinski definition) is 4. The lowest BCUT2D eigenvalue weighted by Crippen LogP contribution is -2.22. The number of rotatable bonds is 7. The number of fused-ring (bicyclic) bond motifs is 1. The van der Waals surface area contributed by atoms with E-state index in [-0.39, 0.29) is 12.0 Å². The first kappa shape index (κ1) is 20.9. The van der Waals surface area contributed by atoms with Gasteiger partial charge in [-0.05, 0) is 62.6 Å². The van der Waals surface area contributed by atoms with E-state index < -0.39 is 0 Å². The van der Waals surface area contributed by atoms with Gasteiger partial charge < -0.3 is 14.8 Å². The first-order valence-corrected chi connectivity index (χ1v) is 9.98. The molecule has 29 heavy (non-hydrogen) atoms. The van der Waals surface area contributed by atoms with Crippen molar-refractivity contribution in [3.8, 4) is 17.4 Å². The minimum atomic E-state index is -0.0213. The van der Waals surface area contributed by atoms with Crippen LogP contribution in [0.1, 0.15) is 31.9 Å². The van der Waals surface area contributed by atoms with E-state index in [0.29, 0.717) is 28.9 Å². The van der Waals surface area contributed by atoms with E-state index in [9.17, 15) is 4.79 Å². The van der Waals surface area contributed by atoms with E-state index in [1.54, 1.807) is 6.07 Å². The molecule has 0 saturated carbocycles. The third-order valence-electron chi connectivity index (χ3n) is 4.30. The molecule has 0 aliphatic heterocycles. The Balaban J connectivity index is 1.78. The summed E-state index contributed by atoms with van der Waals surface area (Å²) < 4.78 is 11.7. The highest BCUT2D eigenvalue weighted by Gasteiger charge is 2.12. The predicted octanol–water partition coefficient (Wildman–Crippen LogP) is 5.45. The number of aromatic nitrogens is 1. The van der Waals surface area contributed by atoms with Crippen LogP contribution in [0.5, 0.6) is 17.4 Å². The number of halogens is 1. The standard InChI is InChI=1S/C23H25ClN2O3/c1-14(2)28-19-11-15(3)23(20(24)13-19)29-22-8-6-18-12-17(5-7-21(18)26-22)9-10-25-16(4)27/h5-8,11-14H,9-10H2,1-4H3,(H,25,27). The fourth-order valence-electron chi connectivity index (χ4n) is 3.02. The molecule has 0 aliphatic rings. The third-order valence-corrected chi connectivity index (χ3v) is 4.58. The molecule has 0 unspecified atom stereocenters. The highest BCUT2D eigenvalue weighted by atomic mass is 35.5. The zero-order valence-corrected chi connectivity index (χ0v) is 17.8. The van der Waals surface area contributed by atoms with E-state index in [2.05, 4.69) is 16.4 Å². The highest BCUT2D eigenvalue weighted by molar-refractivity contribution is 6.32. The molecule has 6 heteroatoms. The lowest BCUT2D eigenvalue weighted by atomic mass is 10.1. The van der Waals surface area contributed by atoms with Crippen LogP contribution in [0, 0.1) is 6.92 Å². The molecule has 3 rings (SSSR count). The number of nitrogens with one attached hydrogen (secondary N) is 1. The van der Waals surface area contributed by atoms with Gasteiger partial charge in [0.05, 0.1) is 16.6 Å². The second kappa shape index (κ2) is 9.14. The average molecular weight is 413 g/mol. The molecule has 0 radical (unpaired) electrons. The molecule has 5 nitrogen and oxygen atoms in total. The van der Waals surface area contributed by atoms with Crippen molar-refractivity contribution < 1.29 is 14.3 Å². The summed E-state index contributed by atoms with van der Waals surface area (Å²) in [7, 11) is 0. The second-order valence-corrected chi connectivity index (χ2v) is 7.64. The largest absolute Gasteiger partial charge is 0.491 e. The number of pyridine rings is 1. The Bertz CT molecular complexity index is 1010. The summed E-state index contributed by atoms with van der Waals surface area (Å²) in [6.07, 6.45) is 0.843. The van der Waals surface area contributed by atoms with Crippen LogP contribution < -0.4 is 14.8 Å². The van der Waals surface area contributed by atoms with Crippen molar-refractivity contribution in [3.05, 3.63) is 58.6 Å². The lowest BCUT2D eigenvalue weighted by Gasteiger charge is -2.15. The lowest BCUT2D eigenvalue weighted by molar-refractivity contribution is -0.118. The average Bonchev–Trinajstić information content (AvgIpc) is 2.64. The van der Waals surface area contributed by atoms with Gasteiger partial charge in [-0.1, -0.05) is 17.7 Å². The van der Waals surface area contributed by atoms with Crippen LogP contribution >= 0.6 is 11.6 Å². The van der Waals surface area contributed by atoms with Gasteiger partial charge in [0.15, 0.2) is 5.75 Å². The molecule has 0 fully saturated rings. The van der Waals surface area contributed by atoms with Gasteiger partial charge in [-0.2, -0.15) is 0 Å². The van der Waals surface area contributed by atoms with Crippen LogP contribution in [0.2, 0.25) is 5.02 Å². The van der Waals surface area contributed by atoms with E-state index >= 15 is 0 Å². The molecule has 0 atom stereocenters. The van der Waals surface area contributed by atoms with Gasteiger partial charge in [-0.3, -0.25) is 4.79 Å². The molecule has 0 aliphatic carbocycles. The van der Waals surface area contributed by atoms with Crippen LogP contribution in [-0.2, 0) is 11.2 Å². The van der Waals surface area contributed by atoms with Gasteiger partial charge in [0.25, 0.3) is 0 Å². The van der Waals surface area contributed by atoms with Gasteiger partial charge in [-0.25, -0.2) is 4.98 Å². The van der Waals surface area contributed by atoms with E-state index in [4.69, 9.17) is 21.1 Å². The Labute approximate surface area is 176 Å². The molecule has 1 N–H and O–H groups in total. The summed E-state index contributed by atoms with van der Waals surface area (Å²) in [5.41, 5.74) is 2.85. The van der Waals surface area contributed by atoms with E-state index in [0.717, 1.165) is 28.5 Å². The van der Waals surface area contributed by atoms with Gasteiger partial charge in [-0.15, -0.1) is 0 Å². The van der Waals surface area contributed by atoms with Crippen LogP contribution in [0.4, 0.5) is 0 Å². The first-order valence-electron chi connectivity index (χ1n) is 9.60. The van der Waals surface area contributed by atoms with Gasteiger partial charge in [0.2, 0.25) is 11.8 Å². The van der Waals surface area contributed by atoms with E-state index in [1.807, 2.05) is 51.1 Å². The summed E-state index contributed by atoms with van der Waals surface area (Å²) in [5.74, 6) is 1.74. The molecule has 1 heterocycles. The number of aryl methyl sites for hydroxylation is 1. The topological polar surface area (TPSA) is 60.5 Å². The highest BCUT2D eigenvalue weighted by Crippen LogP contribution is 2.36. The fraction of sp³-hybridized carbons (Fsp3) is 0.304. The smallest absolute Gasteiger partial charge is 0.219 e. The van der Waals surface area contributed by atoms with Crippen LogP contribution in [0.15, 0.2) is 42.5 Å². The SMILES string of the molecule is CC(=O)NCCc1ccc2nc(Oc3c(C)cc(OC(C)C)cc3Cl)ccc2c1. The number of amides is 1. The van der Waals surface area contributed by atoms with Crippen molar-refractivity contribution >= 4 is 28.4 Å². The Hall–Kier alpha value is -2.79. The fourth-order valence-corrected chi connectivity index (χ4v) is 3.32. The molecule has 0 bridgehead atoms. The summed E-state index contributed by atoms with van der Waals surface area (Å²) in [6, 6.07) is 13.5. The zero-order valence-electron chi connectivity index (χ0n) is 17.1. The molecule has 152 valence electrons. The first-order chi connectivity index (χ1) is 13.8. The van der Waals surface area contributed by atoms with Crippen molar-refractivity contribution in [1.82, 2.24) is 10.3 Å². The quantitative estimate of drug-likeness (QED) is 0.560. The number of nitrogens with zero attached hydrogens (tertiary/aromatic N) is 1. The summed E-state index contributed by atoms with van der Waals surface area (Å²) >= 11 is 6.42. The molecule has 2 aromatic carbocycles. The van der Waals surface area contributed by atoms with E-state index in [1.165, 1.54) is 6.92 Å². The maximum atomic E-state index is 11.0. The minimum absolute atomic E-state index is 0.0213. The van der Waals surface area contributed by atoms with Gasteiger partial charge in [0, 0.05) is 31.0 Å². The molecular weight excluding hydrogens is 388 g/mol. The van der Waals surface area contributed by atoms with Gasteiger partial charge >= 0.3 is 0 Å². The Morgan fingerprint density at radius 3 is 2.66 bits per heavy atom. The second-order valence-electron chi connectivity index (χ2n) is 7.23. The molecule has 0 saturated heterocycles. The monoisotopic (exact) mass is 412 g/mol. The zero-order chi connectivity index (χ0) is 21.0. The predicted molar refractivity (Wildman–Crippen MR) is 116 cm³/mol. The molecular formula is C23H25ClN2O3. The van der Waals surface area contributed by atoms with Crippen molar-refractivity contribution in [2.24, 2.45) is 0 Å². The Kier molecular flexibility index (Phi) is 6.60. The van der Waals surface area contributed by atoms with Crippen LogP contribution in [-0.4, -0.2) is 23.5 Å². The van der Waals surface area contributed by atoms with Gasteiger partial charge in [0.1, 0.15) is 5.75 Å². The Morgan fingerprint density at radius 2 is 1.97 bits per heavy atom. The maximum absolute atomic E-state index is 11.0. The molecule has 0 spiro atoms. The molecule has 1 amide bonds. The van der Waals surface area contributed by atoms with Crippen LogP contribution in [0.3, 0.4) is 0 Å². The van der Waals surface area contributed by atoms with Crippen molar-refractivity contribution in [2.75, 3.05) is 6.54 Å². The summed E-state index contributed by atoms with van der Waals surface area (Å²) in [6.45, 7) is 8.00. The number of carbonyl (C=O) groups is 1. The van der Waals surface area contributed by atoms with Crippen LogP contribution in [0.25, 0.3) is 10.9 Å². The van der Waals surface area contributed by atoms with Crippen molar-refractivity contribution in [3.63, 3.8) is 0 Å². The maximum Gasteiger partial charge on any atom is 0.219 e. The van der Waals surface area contributed by atoms with Crippen molar-refractivity contribution in [1.29, 1.82) is 0 Å². The normalized spacial score (nSPS) is 11.0. The third kappa shape index (κ3) is 5.61. The number of hydrogen-bond donors (Lipinski definition) is 1. The minimum Gasteiger partial charge on any atom is -0.491 e. The molecule has 3 aromatic rings. The Morgan fingerprint density at radius 1 is 1.17 bits per heavy atom. The van der Waals surface area contributed by atoms with Crippen molar-refractivity contribution in [2.45, 2.75) is 40.2 Å². The number of ether oxygens (including phenoxy) is 2.